The highest BCUT2D eigenvalue weighted by Gasteiger charge is 2.29. The zero-order valence-corrected chi connectivity index (χ0v) is 14.7. The Morgan fingerprint density at radius 3 is 2.58 bits per heavy atom. The molecule has 3 unspecified atom stereocenters. The summed E-state index contributed by atoms with van der Waals surface area (Å²) in [4.78, 5) is 26.1. The van der Waals surface area contributed by atoms with E-state index in [1.807, 2.05) is 43.0 Å². The maximum absolute atomic E-state index is 12.7. The molecule has 1 heterocycles. The standard InChI is InChI=1S/C18H26N2O4/c1-12-11-24-13(2)10-20(12)18(22)9-17(19-14(3)21)15-5-7-16(23-4)8-6-15/h5-8,12-13,17H,9-11H2,1-4H3,(H,19,21). The van der Waals surface area contributed by atoms with Crippen LogP contribution in [-0.4, -0.2) is 49.1 Å². The van der Waals surface area contributed by atoms with Crippen molar-refractivity contribution in [1.29, 1.82) is 0 Å². The number of hydrogen-bond donors (Lipinski definition) is 1. The average Bonchev–Trinajstić information content (AvgIpc) is 2.56. The molecule has 0 saturated carbocycles. The minimum absolute atomic E-state index is 0.0206. The van der Waals surface area contributed by atoms with E-state index in [1.165, 1.54) is 6.92 Å². The molecule has 0 bridgehead atoms. The van der Waals surface area contributed by atoms with Crippen LogP contribution in [0.5, 0.6) is 5.75 Å². The summed E-state index contributed by atoms with van der Waals surface area (Å²) in [6.45, 7) is 6.52. The smallest absolute Gasteiger partial charge is 0.225 e. The fraction of sp³-hybridized carbons (Fsp3) is 0.556. The molecule has 24 heavy (non-hydrogen) atoms. The first-order chi connectivity index (χ1) is 11.4. The first-order valence-electron chi connectivity index (χ1n) is 8.22. The number of hydrogen-bond acceptors (Lipinski definition) is 4. The highest BCUT2D eigenvalue weighted by atomic mass is 16.5. The van der Waals surface area contributed by atoms with Crippen LogP contribution in [0.25, 0.3) is 0 Å². The molecule has 0 aromatic heterocycles. The predicted octanol–water partition coefficient (Wildman–Crippen LogP) is 1.90. The van der Waals surface area contributed by atoms with Crippen LogP contribution in [0.2, 0.25) is 0 Å². The van der Waals surface area contributed by atoms with Gasteiger partial charge in [-0.1, -0.05) is 12.1 Å². The van der Waals surface area contributed by atoms with Crippen molar-refractivity contribution in [1.82, 2.24) is 10.2 Å². The molecule has 1 aromatic rings. The van der Waals surface area contributed by atoms with E-state index in [9.17, 15) is 9.59 Å². The summed E-state index contributed by atoms with van der Waals surface area (Å²) in [7, 11) is 1.60. The van der Waals surface area contributed by atoms with Crippen LogP contribution >= 0.6 is 0 Å². The van der Waals surface area contributed by atoms with Gasteiger partial charge in [-0.25, -0.2) is 0 Å². The van der Waals surface area contributed by atoms with Crippen molar-refractivity contribution in [3.63, 3.8) is 0 Å². The van der Waals surface area contributed by atoms with Crippen molar-refractivity contribution in [2.45, 2.75) is 45.4 Å². The van der Waals surface area contributed by atoms with Gasteiger partial charge in [-0.3, -0.25) is 9.59 Å². The van der Waals surface area contributed by atoms with Crippen molar-refractivity contribution in [2.24, 2.45) is 0 Å². The first kappa shape index (κ1) is 18.3. The molecule has 1 aliphatic heterocycles. The van der Waals surface area contributed by atoms with E-state index in [0.29, 0.717) is 13.2 Å². The SMILES string of the molecule is COc1ccc(C(CC(=O)N2CC(C)OCC2C)NC(C)=O)cc1. The molecule has 132 valence electrons. The van der Waals surface area contributed by atoms with Crippen molar-refractivity contribution >= 4 is 11.8 Å². The summed E-state index contributed by atoms with van der Waals surface area (Å²) >= 11 is 0. The molecule has 0 aliphatic carbocycles. The zero-order valence-electron chi connectivity index (χ0n) is 14.7. The number of carbonyl (C=O) groups excluding carboxylic acids is 2. The largest absolute Gasteiger partial charge is 0.497 e. The van der Waals surface area contributed by atoms with Gasteiger partial charge in [-0.2, -0.15) is 0 Å². The predicted molar refractivity (Wildman–Crippen MR) is 90.8 cm³/mol. The summed E-state index contributed by atoms with van der Waals surface area (Å²) in [6.07, 6.45) is 0.258. The van der Waals surface area contributed by atoms with E-state index in [2.05, 4.69) is 5.32 Å². The van der Waals surface area contributed by atoms with Crippen molar-refractivity contribution in [3.8, 4) is 5.75 Å². The second-order valence-corrected chi connectivity index (χ2v) is 6.27. The van der Waals surface area contributed by atoms with Crippen LogP contribution in [-0.2, 0) is 14.3 Å². The fourth-order valence-electron chi connectivity index (χ4n) is 2.88. The minimum atomic E-state index is -0.355. The van der Waals surface area contributed by atoms with Gasteiger partial charge in [0, 0.05) is 13.5 Å². The van der Waals surface area contributed by atoms with Crippen LogP contribution in [0.4, 0.5) is 0 Å². The third kappa shape index (κ3) is 4.71. The van der Waals surface area contributed by atoms with E-state index in [4.69, 9.17) is 9.47 Å². The number of amides is 2. The number of morpholine rings is 1. The summed E-state index contributed by atoms with van der Waals surface area (Å²) in [5, 5.41) is 2.87. The number of rotatable bonds is 5. The maximum atomic E-state index is 12.7. The lowest BCUT2D eigenvalue weighted by molar-refractivity contribution is -0.143. The van der Waals surface area contributed by atoms with E-state index in [1.54, 1.807) is 7.11 Å². The average molecular weight is 334 g/mol. The molecule has 2 rings (SSSR count). The highest BCUT2D eigenvalue weighted by Crippen LogP contribution is 2.23. The van der Waals surface area contributed by atoms with Crippen LogP contribution in [0, 0.1) is 0 Å². The quantitative estimate of drug-likeness (QED) is 0.893. The first-order valence-corrected chi connectivity index (χ1v) is 8.22. The lowest BCUT2D eigenvalue weighted by Gasteiger charge is -2.37. The van der Waals surface area contributed by atoms with Gasteiger partial charge in [-0.05, 0) is 31.5 Å². The number of benzene rings is 1. The molecule has 0 radical (unpaired) electrons. The van der Waals surface area contributed by atoms with E-state index in [-0.39, 0.29) is 36.4 Å². The molecule has 1 fully saturated rings. The third-order valence-electron chi connectivity index (χ3n) is 4.20. The van der Waals surface area contributed by atoms with Crippen LogP contribution in [0.15, 0.2) is 24.3 Å². The fourth-order valence-corrected chi connectivity index (χ4v) is 2.88. The third-order valence-corrected chi connectivity index (χ3v) is 4.20. The van der Waals surface area contributed by atoms with Gasteiger partial charge in [0.15, 0.2) is 0 Å². The normalized spacial score (nSPS) is 21.9. The van der Waals surface area contributed by atoms with Gasteiger partial charge in [0.05, 0.1) is 38.3 Å². The van der Waals surface area contributed by atoms with Gasteiger partial charge in [-0.15, -0.1) is 0 Å². The molecule has 3 atom stereocenters. The molecule has 1 saturated heterocycles. The monoisotopic (exact) mass is 334 g/mol. The molecular formula is C18H26N2O4. The number of ether oxygens (including phenoxy) is 2. The highest BCUT2D eigenvalue weighted by molar-refractivity contribution is 5.79. The lowest BCUT2D eigenvalue weighted by atomic mass is 10.0. The van der Waals surface area contributed by atoms with Crippen LogP contribution < -0.4 is 10.1 Å². The molecule has 0 spiro atoms. The second kappa shape index (κ2) is 8.15. The Balaban J connectivity index is 2.12. The van der Waals surface area contributed by atoms with Crippen molar-refractivity contribution < 1.29 is 19.1 Å². The minimum Gasteiger partial charge on any atom is -0.497 e. The van der Waals surface area contributed by atoms with Gasteiger partial charge in [0.2, 0.25) is 11.8 Å². The topological polar surface area (TPSA) is 67.9 Å². The van der Waals surface area contributed by atoms with Gasteiger partial charge in [0.1, 0.15) is 5.75 Å². The Kier molecular flexibility index (Phi) is 6.20. The Hall–Kier alpha value is -2.08. The summed E-state index contributed by atoms with van der Waals surface area (Å²) in [6, 6.07) is 7.09. The molecule has 1 aromatic carbocycles. The van der Waals surface area contributed by atoms with Crippen molar-refractivity contribution in [3.05, 3.63) is 29.8 Å². The molecule has 1 N–H and O–H groups in total. The van der Waals surface area contributed by atoms with E-state index >= 15 is 0 Å². The van der Waals surface area contributed by atoms with E-state index in [0.717, 1.165) is 11.3 Å². The van der Waals surface area contributed by atoms with Crippen molar-refractivity contribution in [2.75, 3.05) is 20.3 Å². The number of methoxy groups -OCH3 is 1. The number of nitrogens with zero attached hydrogens (tertiary/aromatic N) is 1. The Bertz CT molecular complexity index is 573. The van der Waals surface area contributed by atoms with E-state index < -0.39 is 0 Å². The van der Waals surface area contributed by atoms with Gasteiger partial charge in [0.25, 0.3) is 0 Å². The number of nitrogens with one attached hydrogen (secondary N) is 1. The zero-order chi connectivity index (χ0) is 17.7. The summed E-state index contributed by atoms with van der Waals surface area (Å²) in [5.41, 5.74) is 0.883. The Morgan fingerprint density at radius 1 is 1.33 bits per heavy atom. The number of carbonyl (C=O) groups is 2. The molecule has 1 aliphatic rings. The Morgan fingerprint density at radius 2 is 2.00 bits per heavy atom. The second-order valence-electron chi connectivity index (χ2n) is 6.27. The lowest BCUT2D eigenvalue weighted by Crippen LogP contribution is -2.51. The van der Waals surface area contributed by atoms with Gasteiger partial charge < -0.3 is 19.7 Å². The molecule has 6 nitrogen and oxygen atoms in total. The maximum Gasteiger partial charge on any atom is 0.225 e. The molecule has 2 amide bonds. The Labute approximate surface area is 143 Å². The van der Waals surface area contributed by atoms with Crippen LogP contribution in [0.3, 0.4) is 0 Å². The molecular weight excluding hydrogens is 308 g/mol. The van der Waals surface area contributed by atoms with Crippen LogP contribution in [0.1, 0.15) is 38.8 Å². The van der Waals surface area contributed by atoms with Gasteiger partial charge >= 0.3 is 0 Å². The summed E-state index contributed by atoms with van der Waals surface area (Å²) < 4.78 is 10.7. The molecule has 6 heteroatoms. The summed E-state index contributed by atoms with van der Waals surface area (Å²) in [5.74, 6) is 0.599.